The van der Waals surface area contributed by atoms with Crippen LogP contribution in [0.2, 0.25) is 0 Å². The minimum absolute atomic E-state index is 0.0495. The predicted molar refractivity (Wildman–Crippen MR) is 110 cm³/mol. The Morgan fingerprint density at radius 2 is 1.88 bits per heavy atom. The van der Waals surface area contributed by atoms with E-state index in [0.29, 0.717) is 27.9 Å². The van der Waals surface area contributed by atoms with Gasteiger partial charge in [0, 0.05) is 10.8 Å². The first-order chi connectivity index (χ1) is 12.2. The summed E-state index contributed by atoms with van der Waals surface area (Å²) < 4.78 is 6.11. The average molecular weight is 388 g/mol. The van der Waals surface area contributed by atoms with Gasteiger partial charge < -0.3 is 4.74 Å². The fourth-order valence-corrected chi connectivity index (χ4v) is 5.17. The fourth-order valence-electron chi connectivity index (χ4n) is 2.56. The van der Waals surface area contributed by atoms with Gasteiger partial charge in [0.15, 0.2) is 0 Å². The molecule has 2 rings (SSSR count). The number of carbonyl (C=O) groups excluding carboxylic acids is 1. The van der Waals surface area contributed by atoms with Crippen molar-refractivity contribution in [3.63, 3.8) is 0 Å². The van der Waals surface area contributed by atoms with E-state index in [1.807, 2.05) is 12.1 Å². The summed E-state index contributed by atoms with van der Waals surface area (Å²) in [7, 11) is 0. The summed E-state index contributed by atoms with van der Waals surface area (Å²) in [5.41, 5.74) is 3.40. The van der Waals surface area contributed by atoms with Gasteiger partial charge in [-0.25, -0.2) is 4.79 Å². The van der Waals surface area contributed by atoms with Crippen molar-refractivity contribution in [2.75, 3.05) is 6.61 Å². The van der Waals surface area contributed by atoms with Crippen LogP contribution in [0, 0.1) is 11.3 Å². The van der Waals surface area contributed by atoms with Crippen LogP contribution in [0.1, 0.15) is 62.3 Å². The first kappa shape index (κ1) is 20.5. The van der Waals surface area contributed by atoms with Gasteiger partial charge >= 0.3 is 5.97 Å². The molecule has 1 heterocycles. The summed E-state index contributed by atoms with van der Waals surface area (Å²) in [5.74, 6) is -0.362. The first-order valence-corrected chi connectivity index (χ1v) is 10.4. The van der Waals surface area contributed by atoms with Gasteiger partial charge in [0.25, 0.3) is 0 Å². The molecule has 2 aromatic rings. The van der Waals surface area contributed by atoms with Crippen molar-refractivity contribution in [1.29, 1.82) is 5.26 Å². The van der Waals surface area contributed by atoms with E-state index in [1.54, 1.807) is 18.7 Å². The number of benzene rings is 1. The van der Waals surface area contributed by atoms with Crippen LogP contribution in [0.4, 0.5) is 0 Å². The van der Waals surface area contributed by atoms with E-state index >= 15 is 0 Å². The van der Waals surface area contributed by atoms with Crippen molar-refractivity contribution < 1.29 is 9.53 Å². The Bertz CT molecular complexity index is 821. The summed E-state index contributed by atoms with van der Waals surface area (Å²) in [6, 6.07) is 10.4. The summed E-state index contributed by atoms with van der Waals surface area (Å²) in [4.78, 5) is 13.0. The molecular weight excluding hydrogens is 362 g/mol. The van der Waals surface area contributed by atoms with Gasteiger partial charge in [-0.2, -0.15) is 5.26 Å². The summed E-state index contributed by atoms with van der Waals surface area (Å²) in [6.07, 6.45) is 0. The van der Waals surface area contributed by atoms with E-state index in [2.05, 4.69) is 52.8 Å². The molecule has 0 fully saturated rings. The van der Waals surface area contributed by atoms with E-state index in [9.17, 15) is 10.1 Å². The fraction of sp³-hybridized carbons (Fsp3) is 0.429. The van der Waals surface area contributed by atoms with Crippen molar-refractivity contribution in [3.05, 3.63) is 40.3 Å². The Labute approximate surface area is 164 Å². The van der Waals surface area contributed by atoms with Crippen LogP contribution in [0.5, 0.6) is 0 Å². The Kier molecular flexibility index (Phi) is 6.54. The van der Waals surface area contributed by atoms with Crippen LogP contribution in [-0.4, -0.2) is 17.8 Å². The van der Waals surface area contributed by atoms with Crippen molar-refractivity contribution in [2.45, 2.75) is 56.4 Å². The molecule has 1 aromatic heterocycles. The first-order valence-electron chi connectivity index (χ1n) is 8.70. The lowest BCUT2D eigenvalue weighted by Crippen LogP contribution is -2.10. The molecule has 3 nitrogen and oxygen atoms in total. The number of nitrogens with zero attached hydrogens (tertiary/aromatic N) is 1. The van der Waals surface area contributed by atoms with E-state index < -0.39 is 0 Å². The number of hydrogen-bond acceptors (Lipinski definition) is 5. The second-order valence-electron chi connectivity index (χ2n) is 7.29. The van der Waals surface area contributed by atoms with Crippen LogP contribution < -0.4 is 0 Å². The average Bonchev–Trinajstić information content (AvgIpc) is 2.92. The van der Waals surface area contributed by atoms with Crippen molar-refractivity contribution >= 4 is 29.1 Å². The van der Waals surface area contributed by atoms with Gasteiger partial charge in [-0.15, -0.1) is 23.1 Å². The number of thioether (sulfide) groups is 1. The van der Waals surface area contributed by atoms with Crippen molar-refractivity contribution in [2.24, 2.45) is 0 Å². The highest BCUT2D eigenvalue weighted by molar-refractivity contribution is 8.01. The Balaban J connectivity index is 2.62. The third-order valence-electron chi connectivity index (χ3n) is 3.83. The number of hydrogen-bond donors (Lipinski definition) is 0. The molecule has 0 atom stereocenters. The lowest BCUT2D eigenvalue weighted by atomic mass is 9.86. The van der Waals surface area contributed by atoms with Gasteiger partial charge in [0.1, 0.15) is 10.9 Å². The molecule has 0 bridgehead atoms. The highest BCUT2D eigenvalue weighted by Crippen LogP contribution is 2.43. The number of rotatable bonds is 5. The molecule has 0 saturated heterocycles. The van der Waals surface area contributed by atoms with Crippen LogP contribution >= 0.6 is 23.1 Å². The van der Waals surface area contributed by atoms with E-state index in [0.717, 1.165) is 9.77 Å². The number of carbonyl (C=O) groups is 1. The zero-order chi connectivity index (χ0) is 19.5. The number of thiophene rings is 1. The molecule has 138 valence electrons. The maximum atomic E-state index is 12.5. The molecule has 0 N–H and O–H groups in total. The molecule has 0 aliphatic carbocycles. The van der Waals surface area contributed by atoms with E-state index in [4.69, 9.17) is 4.74 Å². The Morgan fingerprint density at radius 3 is 2.35 bits per heavy atom. The SMILES string of the molecule is CCOC(=O)c1sc(SC(C)C)c(C#N)c1-c1ccc(C(C)(C)C)cc1. The zero-order valence-electron chi connectivity index (χ0n) is 16.2. The van der Waals surface area contributed by atoms with Gasteiger partial charge in [0.2, 0.25) is 0 Å². The Morgan fingerprint density at radius 1 is 1.27 bits per heavy atom. The smallest absolute Gasteiger partial charge is 0.349 e. The van der Waals surface area contributed by atoms with Crippen LogP contribution in [0.3, 0.4) is 0 Å². The van der Waals surface area contributed by atoms with Gasteiger partial charge in [-0.3, -0.25) is 0 Å². The lowest BCUT2D eigenvalue weighted by molar-refractivity contribution is 0.0533. The summed E-state index contributed by atoms with van der Waals surface area (Å²) >= 11 is 2.97. The molecule has 0 saturated carbocycles. The highest BCUT2D eigenvalue weighted by Gasteiger charge is 2.26. The molecule has 0 radical (unpaired) electrons. The third kappa shape index (κ3) is 4.49. The minimum Gasteiger partial charge on any atom is -0.462 e. The van der Waals surface area contributed by atoms with Gasteiger partial charge in [-0.1, -0.05) is 58.9 Å². The topological polar surface area (TPSA) is 50.1 Å². The van der Waals surface area contributed by atoms with Crippen molar-refractivity contribution in [1.82, 2.24) is 0 Å². The quantitative estimate of drug-likeness (QED) is 0.449. The molecular formula is C21H25NO2S2. The predicted octanol–water partition coefficient (Wildman–Crippen LogP) is 6.26. The van der Waals surface area contributed by atoms with Gasteiger partial charge in [0.05, 0.1) is 16.4 Å². The molecule has 0 aliphatic rings. The normalized spacial score (nSPS) is 11.5. The maximum Gasteiger partial charge on any atom is 0.349 e. The molecule has 26 heavy (non-hydrogen) atoms. The maximum absolute atomic E-state index is 12.5. The van der Waals surface area contributed by atoms with E-state index in [-0.39, 0.29) is 11.4 Å². The molecule has 0 aliphatic heterocycles. The monoisotopic (exact) mass is 387 g/mol. The zero-order valence-corrected chi connectivity index (χ0v) is 17.8. The molecule has 1 aromatic carbocycles. The molecule has 0 amide bonds. The molecule has 5 heteroatoms. The number of ether oxygens (including phenoxy) is 1. The number of esters is 1. The van der Waals surface area contributed by atoms with Crippen LogP contribution in [-0.2, 0) is 10.2 Å². The molecule has 0 unspecified atom stereocenters. The number of nitriles is 1. The minimum atomic E-state index is -0.362. The third-order valence-corrected chi connectivity index (χ3v) is 6.22. The van der Waals surface area contributed by atoms with Crippen LogP contribution in [0.15, 0.2) is 28.5 Å². The van der Waals surface area contributed by atoms with E-state index in [1.165, 1.54) is 16.9 Å². The Hall–Kier alpha value is -1.77. The second kappa shape index (κ2) is 8.28. The lowest BCUT2D eigenvalue weighted by Gasteiger charge is -2.19. The second-order valence-corrected chi connectivity index (χ2v) is 10.2. The largest absolute Gasteiger partial charge is 0.462 e. The summed E-state index contributed by atoms with van der Waals surface area (Å²) in [5, 5.41) is 10.1. The summed E-state index contributed by atoms with van der Waals surface area (Å²) in [6.45, 7) is 12.7. The van der Waals surface area contributed by atoms with Crippen LogP contribution in [0.25, 0.3) is 11.1 Å². The standard InChI is InChI=1S/C21H25NO2S2/c1-7-24-19(23)18-17(16(12-22)20(26-18)25-13(2)3)14-8-10-15(11-9-14)21(4,5)6/h8-11,13H,7H2,1-6H3. The highest BCUT2D eigenvalue weighted by atomic mass is 32.2. The van der Waals surface area contributed by atoms with Crippen molar-refractivity contribution in [3.8, 4) is 17.2 Å². The molecule has 0 spiro atoms. The van der Waals surface area contributed by atoms with Gasteiger partial charge in [-0.05, 0) is 23.5 Å².